The monoisotopic (exact) mass is 271 g/mol. The van der Waals surface area contributed by atoms with Gasteiger partial charge in [0, 0.05) is 5.92 Å². The first-order valence-electron chi connectivity index (χ1n) is 6.64. The molecule has 4 atom stereocenters. The number of amides is 1. The van der Waals surface area contributed by atoms with Crippen molar-refractivity contribution in [2.45, 2.75) is 38.1 Å². The smallest absolute Gasteiger partial charge is 0.326 e. The minimum Gasteiger partial charge on any atom is -0.480 e. The first-order chi connectivity index (χ1) is 8.61. The number of carboxylic acids is 1. The lowest BCUT2D eigenvalue weighted by atomic mass is 9.88. The number of rotatable bonds is 6. The van der Waals surface area contributed by atoms with Crippen molar-refractivity contribution in [1.82, 2.24) is 5.32 Å². The third-order valence-electron chi connectivity index (χ3n) is 4.30. The number of carbonyl (C=O) groups is 2. The summed E-state index contributed by atoms with van der Waals surface area (Å²) in [5, 5.41) is 11.8. The summed E-state index contributed by atoms with van der Waals surface area (Å²) in [6.45, 7) is 0. The zero-order chi connectivity index (χ0) is 13.1. The Labute approximate surface area is 112 Å². The highest BCUT2D eigenvalue weighted by atomic mass is 32.2. The van der Waals surface area contributed by atoms with Crippen molar-refractivity contribution in [3.05, 3.63) is 0 Å². The molecule has 0 aromatic carbocycles. The minimum atomic E-state index is -0.916. The number of nitrogens with one attached hydrogen (secondary N) is 1. The Morgan fingerprint density at radius 3 is 2.67 bits per heavy atom. The summed E-state index contributed by atoms with van der Waals surface area (Å²) < 4.78 is 0. The number of hydrogen-bond acceptors (Lipinski definition) is 3. The second kappa shape index (κ2) is 5.95. The molecule has 0 spiro atoms. The highest BCUT2D eigenvalue weighted by molar-refractivity contribution is 7.98. The molecule has 0 heterocycles. The molecule has 0 saturated heterocycles. The Balaban J connectivity index is 1.86. The molecule has 102 valence electrons. The largest absolute Gasteiger partial charge is 0.480 e. The molecule has 2 aliphatic rings. The standard InChI is InChI=1S/C13H21NO3S/c1-18-5-4-11(13(16)17)14-12(15)10-7-8-2-3-9(10)6-8/h8-11H,2-7H2,1H3,(H,14,15)(H,16,17)/t8?,9?,10?,11-/m1/s1. The molecule has 2 rings (SSSR count). The van der Waals surface area contributed by atoms with Crippen molar-refractivity contribution in [2.24, 2.45) is 17.8 Å². The average Bonchev–Trinajstić information content (AvgIpc) is 2.95. The van der Waals surface area contributed by atoms with Crippen LogP contribution in [0.1, 0.15) is 32.1 Å². The molecule has 2 fully saturated rings. The SMILES string of the molecule is CSCC[C@@H](NC(=O)C1CC2CCC1C2)C(=O)O. The van der Waals surface area contributed by atoms with Gasteiger partial charge in [-0.1, -0.05) is 6.42 Å². The Morgan fingerprint density at radius 1 is 1.39 bits per heavy atom. The van der Waals surface area contributed by atoms with Crippen molar-refractivity contribution in [1.29, 1.82) is 0 Å². The van der Waals surface area contributed by atoms with Gasteiger partial charge >= 0.3 is 5.97 Å². The second-order valence-corrected chi connectivity index (χ2v) is 6.45. The molecule has 2 aliphatic carbocycles. The summed E-state index contributed by atoms with van der Waals surface area (Å²) in [7, 11) is 0. The number of hydrogen-bond donors (Lipinski definition) is 2. The van der Waals surface area contributed by atoms with E-state index in [1.54, 1.807) is 11.8 Å². The topological polar surface area (TPSA) is 66.4 Å². The fraction of sp³-hybridized carbons (Fsp3) is 0.846. The third kappa shape index (κ3) is 2.99. The van der Waals surface area contributed by atoms with Gasteiger partial charge in [0.15, 0.2) is 0 Å². The lowest BCUT2D eigenvalue weighted by Gasteiger charge is -2.23. The number of fused-ring (bicyclic) bond motifs is 2. The normalized spacial score (nSPS) is 31.3. The van der Waals surface area contributed by atoms with Gasteiger partial charge in [-0.25, -0.2) is 4.79 Å². The Hall–Kier alpha value is -0.710. The molecule has 2 N–H and O–H groups in total. The molecule has 2 bridgehead atoms. The molecule has 0 radical (unpaired) electrons. The first-order valence-corrected chi connectivity index (χ1v) is 8.03. The van der Waals surface area contributed by atoms with Crippen LogP contribution in [0, 0.1) is 17.8 Å². The molecular formula is C13H21NO3S. The molecule has 2 saturated carbocycles. The summed E-state index contributed by atoms with van der Waals surface area (Å²) in [5.41, 5.74) is 0. The van der Waals surface area contributed by atoms with Crippen molar-refractivity contribution in [3.8, 4) is 0 Å². The van der Waals surface area contributed by atoms with Gasteiger partial charge in [-0.15, -0.1) is 0 Å². The molecule has 0 aliphatic heterocycles. The van der Waals surface area contributed by atoms with Crippen molar-refractivity contribution >= 4 is 23.6 Å². The number of aliphatic carboxylic acids is 1. The van der Waals surface area contributed by atoms with Crippen molar-refractivity contribution in [2.75, 3.05) is 12.0 Å². The van der Waals surface area contributed by atoms with Crippen LogP contribution in [0.5, 0.6) is 0 Å². The van der Waals surface area contributed by atoms with E-state index in [2.05, 4.69) is 5.32 Å². The summed E-state index contributed by atoms with van der Waals surface area (Å²) in [4.78, 5) is 23.2. The lowest BCUT2D eigenvalue weighted by Crippen LogP contribution is -2.45. The van der Waals surface area contributed by atoms with Gasteiger partial charge < -0.3 is 10.4 Å². The van der Waals surface area contributed by atoms with Gasteiger partial charge in [-0.05, 0) is 49.5 Å². The summed E-state index contributed by atoms with van der Waals surface area (Å²) >= 11 is 1.60. The van der Waals surface area contributed by atoms with E-state index in [1.165, 1.54) is 12.8 Å². The van der Waals surface area contributed by atoms with Gasteiger partial charge in [0.25, 0.3) is 0 Å². The maximum Gasteiger partial charge on any atom is 0.326 e. The van der Waals surface area contributed by atoms with Crippen LogP contribution in [0.3, 0.4) is 0 Å². The van der Waals surface area contributed by atoms with E-state index in [-0.39, 0.29) is 11.8 Å². The van der Waals surface area contributed by atoms with Crippen LogP contribution < -0.4 is 5.32 Å². The molecule has 3 unspecified atom stereocenters. The van der Waals surface area contributed by atoms with Crippen LogP contribution in [0.25, 0.3) is 0 Å². The molecule has 0 aromatic heterocycles. The van der Waals surface area contributed by atoms with Gasteiger partial charge in [0.2, 0.25) is 5.91 Å². The zero-order valence-corrected chi connectivity index (χ0v) is 11.5. The zero-order valence-electron chi connectivity index (χ0n) is 10.7. The van der Waals surface area contributed by atoms with Crippen LogP contribution in [0.4, 0.5) is 0 Å². The van der Waals surface area contributed by atoms with Crippen LogP contribution >= 0.6 is 11.8 Å². The molecule has 0 aromatic rings. The summed E-state index contributed by atoms with van der Waals surface area (Å²) in [6, 6.07) is -0.718. The quantitative estimate of drug-likeness (QED) is 0.772. The number of carboxylic acid groups (broad SMARTS) is 1. The van der Waals surface area contributed by atoms with E-state index < -0.39 is 12.0 Å². The van der Waals surface area contributed by atoms with Crippen LogP contribution in [0.15, 0.2) is 0 Å². The number of carbonyl (C=O) groups excluding carboxylic acids is 1. The fourth-order valence-corrected chi connectivity index (χ4v) is 3.81. The highest BCUT2D eigenvalue weighted by Crippen LogP contribution is 2.48. The lowest BCUT2D eigenvalue weighted by molar-refractivity contribution is -0.142. The molecule has 5 heteroatoms. The second-order valence-electron chi connectivity index (χ2n) is 5.46. The van der Waals surface area contributed by atoms with E-state index in [0.29, 0.717) is 18.3 Å². The predicted molar refractivity (Wildman–Crippen MR) is 71.5 cm³/mol. The van der Waals surface area contributed by atoms with Gasteiger partial charge in [-0.3, -0.25) is 4.79 Å². The fourth-order valence-electron chi connectivity index (χ4n) is 3.34. The minimum absolute atomic E-state index is 0.0318. The van der Waals surface area contributed by atoms with Crippen LogP contribution in [-0.2, 0) is 9.59 Å². The molecule has 4 nitrogen and oxygen atoms in total. The van der Waals surface area contributed by atoms with E-state index in [4.69, 9.17) is 5.11 Å². The van der Waals surface area contributed by atoms with E-state index in [1.807, 2.05) is 6.26 Å². The van der Waals surface area contributed by atoms with Crippen LogP contribution in [0.2, 0.25) is 0 Å². The highest BCUT2D eigenvalue weighted by Gasteiger charge is 2.43. The maximum absolute atomic E-state index is 12.1. The van der Waals surface area contributed by atoms with Crippen molar-refractivity contribution in [3.63, 3.8) is 0 Å². The Kier molecular flexibility index (Phi) is 4.54. The van der Waals surface area contributed by atoms with Crippen LogP contribution in [-0.4, -0.2) is 35.0 Å². The summed E-state index contributed by atoms with van der Waals surface area (Å²) in [5.74, 6) is 1.09. The van der Waals surface area contributed by atoms with E-state index in [9.17, 15) is 9.59 Å². The summed E-state index contributed by atoms with van der Waals surface area (Å²) in [6.07, 6.45) is 6.97. The average molecular weight is 271 g/mol. The van der Waals surface area contributed by atoms with E-state index in [0.717, 1.165) is 18.6 Å². The predicted octanol–water partition coefficient (Wildman–Crippen LogP) is 1.75. The third-order valence-corrected chi connectivity index (χ3v) is 4.94. The van der Waals surface area contributed by atoms with Gasteiger partial charge in [0.1, 0.15) is 6.04 Å². The van der Waals surface area contributed by atoms with Gasteiger partial charge in [0.05, 0.1) is 0 Å². The molecule has 1 amide bonds. The Morgan fingerprint density at radius 2 is 2.17 bits per heavy atom. The maximum atomic E-state index is 12.1. The molecule has 18 heavy (non-hydrogen) atoms. The van der Waals surface area contributed by atoms with E-state index >= 15 is 0 Å². The van der Waals surface area contributed by atoms with Crippen molar-refractivity contribution < 1.29 is 14.7 Å². The first kappa shape index (κ1) is 13.7. The molecular weight excluding hydrogens is 250 g/mol. The Bertz CT molecular complexity index is 334. The number of thioether (sulfide) groups is 1. The van der Waals surface area contributed by atoms with Gasteiger partial charge in [-0.2, -0.15) is 11.8 Å².